The largest absolute Gasteiger partial charge is 0.330 e. The number of nitrogens with two attached hydrogens (primary N) is 1. The van der Waals surface area contributed by atoms with Crippen LogP contribution in [0, 0.1) is 0 Å². The van der Waals surface area contributed by atoms with Crippen molar-refractivity contribution in [2.45, 2.75) is 39.2 Å². The highest BCUT2D eigenvalue weighted by Crippen LogP contribution is 2.01. The average Bonchev–Trinajstić information content (AvgIpc) is 2.10. The summed E-state index contributed by atoms with van der Waals surface area (Å²) in [5.41, 5.74) is 5.35. The number of rotatable bonds is 8. The molecule has 3 N–H and O–H groups in total. The molecular formula is C9H23N3O2S. The molecule has 0 unspecified atom stereocenters. The third-order valence-corrected chi connectivity index (χ3v) is 3.74. The van der Waals surface area contributed by atoms with Gasteiger partial charge in [0.1, 0.15) is 0 Å². The van der Waals surface area contributed by atoms with E-state index in [-0.39, 0.29) is 6.04 Å². The van der Waals surface area contributed by atoms with Crippen LogP contribution in [0.5, 0.6) is 0 Å². The number of unbranched alkanes of at least 4 members (excludes halogenated alkanes) is 2. The summed E-state index contributed by atoms with van der Waals surface area (Å²) in [7, 11) is -1.70. The van der Waals surface area contributed by atoms with Crippen LogP contribution in [-0.2, 0) is 10.2 Å². The molecule has 92 valence electrons. The minimum Gasteiger partial charge on any atom is -0.330 e. The molecule has 15 heavy (non-hydrogen) atoms. The fourth-order valence-corrected chi connectivity index (χ4v) is 2.31. The van der Waals surface area contributed by atoms with Gasteiger partial charge < -0.3 is 5.73 Å². The molecule has 0 heterocycles. The van der Waals surface area contributed by atoms with Crippen molar-refractivity contribution < 1.29 is 8.42 Å². The highest BCUT2D eigenvalue weighted by molar-refractivity contribution is 7.87. The highest BCUT2D eigenvalue weighted by atomic mass is 32.2. The van der Waals surface area contributed by atoms with E-state index in [1.54, 1.807) is 20.9 Å². The van der Waals surface area contributed by atoms with Gasteiger partial charge in [-0.2, -0.15) is 17.4 Å². The first-order chi connectivity index (χ1) is 6.90. The summed E-state index contributed by atoms with van der Waals surface area (Å²) in [4.78, 5) is 0. The molecule has 0 spiro atoms. The summed E-state index contributed by atoms with van der Waals surface area (Å²) in [5.74, 6) is 0. The Balaban J connectivity index is 3.92. The Morgan fingerprint density at radius 1 is 1.27 bits per heavy atom. The second kappa shape index (κ2) is 7.16. The smallest absolute Gasteiger partial charge is 0.279 e. The quantitative estimate of drug-likeness (QED) is 0.596. The Bertz CT molecular complexity index is 252. The molecule has 0 amide bonds. The summed E-state index contributed by atoms with van der Waals surface area (Å²) in [6.45, 7) is 4.82. The molecule has 0 saturated heterocycles. The third kappa shape index (κ3) is 6.83. The van der Waals surface area contributed by atoms with Gasteiger partial charge in [0.15, 0.2) is 0 Å². The molecule has 5 nitrogen and oxygen atoms in total. The minimum atomic E-state index is -3.29. The van der Waals surface area contributed by atoms with Crippen molar-refractivity contribution in [2.24, 2.45) is 5.73 Å². The van der Waals surface area contributed by atoms with Crippen LogP contribution < -0.4 is 10.5 Å². The van der Waals surface area contributed by atoms with E-state index < -0.39 is 10.2 Å². The van der Waals surface area contributed by atoms with Crippen LogP contribution in [-0.4, -0.2) is 38.9 Å². The molecule has 0 radical (unpaired) electrons. The Kier molecular flexibility index (Phi) is 7.08. The van der Waals surface area contributed by atoms with Crippen LogP contribution in [0.4, 0.5) is 0 Å². The maximum absolute atomic E-state index is 11.6. The molecular weight excluding hydrogens is 214 g/mol. The summed E-state index contributed by atoms with van der Waals surface area (Å²) in [6, 6.07) is -0.0681. The molecule has 0 atom stereocenters. The van der Waals surface area contributed by atoms with Gasteiger partial charge in [-0.15, -0.1) is 0 Å². The number of hydrogen-bond donors (Lipinski definition) is 2. The van der Waals surface area contributed by atoms with Crippen molar-refractivity contribution in [2.75, 3.05) is 20.1 Å². The van der Waals surface area contributed by atoms with E-state index in [1.165, 1.54) is 4.31 Å². The van der Waals surface area contributed by atoms with Gasteiger partial charge in [0, 0.05) is 19.6 Å². The SMILES string of the molecule is CC(C)NS(=O)(=O)N(C)CCCCCN. The Labute approximate surface area is 93.2 Å². The number of hydrogen-bond acceptors (Lipinski definition) is 3. The topological polar surface area (TPSA) is 75.4 Å². The third-order valence-electron chi connectivity index (χ3n) is 1.97. The number of nitrogens with zero attached hydrogens (tertiary/aromatic N) is 1. The van der Waals surface area contributed by atoms with Gasteiger partial charge in [-0.05, 0) is 33.2 Å². The first-order valence-electron chi connectivity index (χ1n) is 5.34. The Morgan fingerprint density at radius 2 is 1.87 bits per heavy atom. The second-order valence-electron chi connectivity index (χ2n) is 3.95. The first kappa shape index (κ1) is 14.8. The highest BCUT2D eigenvalue weighted by Gasteiger charge is 2.17. The number of nitrogens with one attached hydrogen (secondary N) is 1. The van der Waals surface area contributed by atoms with E-state index in [4.69, 9.17) is 5.73 Å². The van der Waals surface area contributed by atoms with Gasteiger partial charge in [0.05, 0.1) is 0 Å². The van der Waals surface area contributed by atoms with Crippen molar-refractivity contribution in [3.63, 3.8) is 0 Å². The normalized spacial score (nSPS) is 12.7. The monoisotopic (exact) mass is 237 g/mol. The zero-order valence-corrected chi connectivity index (χ0v) is 10.7. The molecule has 0 aliphatic heterocycles. The average molecular weight is 237 g/mol. The molecule has 0 saturated carbocycles. The van der Waals surface area contributed by atoms with E-state index in [0.29, 0.717) is 13.1 Å². The Hall–Kier alpha value is -0.170. The van der Waals surface area contributed by atoms with Crippen LogP contribution in [0.3, 0.4) is 0 Å². The predicted octanol–water partition coefficient (Wildman–Crippen LogP) is 0.290. The molecule has 0 aromatic carbocycles. The lowest BCUT2D eigenvalue weighted by molar-refractivity contribution is 0.438. The van der Waals surface area contributed by atoms with E-state index in [9.17, 15) is 8.42 Å². The molecule has 0 aliphatic rings. The zero-order chi connectivity index (χ0) is 11.9. The molecule has 6 heteroatoms. The van der Waals surface area contributed by atoms with E-state index in [1.807, 2.05) is 0 Å². The van der Waals surface area contributed by atoms with Crippen LogP contribution in [0.15, 0.2) is 0 Å². The van der Waals surface area contributed by atoms with Gasteiger partial charge in [0.2, 0.25) is 0 Å². The lowest BCUT2D eigenvalue weighted by atomic mass is 10.2. The van der Waals surface area contributed by atoms with Crippen molar-refractivity contribution >= 4 is 10.2 Å². The summed E-state index contributed by atoms with van der Waals surface area (Å²) < 4.78 is 27.1. The van der Waals surface area contributed by atoms with Crippen LogP contribution in [0.2, 0.25) is 0 Å². The summed E-state index contributed by atoms with van der Waals surface area (Å²) in [5, 5.41) is 0. The Morgan fingerprint density at radius 3 is 2.33 bits per heavy atom. The van der Waals surface area contributed by atoms with Crippen molar-refractivity contribution in [3.05, 3.63) is 0 Å². The van der Waals surface area contributed by atoms with Crippen molar-refractivity contribution in [3.8, 4) is 0 Å². The maximum atomic E-state index is 11.6. The minimum absolute atomic E-state index is 0.0681. The molecule has 0 aliphatic carbocycles. The van der Waals surface area contributed by atoms with Gasteiger partial charge in [-0.3, -0.25) is 0 Å². The van der Waals surface area contributed by atoms with Crippen molar-refractivity contribution in [1.82, 2.24) is 9.03 Å². The van der Waals surface area contributed by atoms with Gasteiger partial charge in [0.25, 0.3) is 10.2 Å². The second-order valence-corrected chi connectivity index (χ2v) is 5.76. The lowest BCUT2D eigenvalue weighted by Gasteiger charge is -2.19. The molecule has 0 fully saturated rings. The zero-order valence-electron chi connectivity index (χ0n) is 9.86. The molecule has 0 rings (SSSR count). The van der Waals surface area contributed by atoms with E-state index in [2.05, 4.69) is 4.72 Å². The predicted molar refractivity (Wildman–Crippen MR) is 62.7 cm³/mol. The first-order valence-corrected chi connectivity index (χ1v) is 6.78. The van der Waals surface area contributed by atoms with E-state index >= 15 is 0 Å². The standard InChI is InChI=1S/C9H23N3O2S/c1-9(2)11-15(13,14)12(3)8-6-4-5-7-10/h9,11H,4-8,10H2,1-3H3. The fraction of sp³-hybridized carbons (Fsp3) is 1.00. The van der Waals surface area contributed by atoms with Crippen molar-refractivity contribution in [1.29, 1.82) is 0 Å². The lowest BCUT2D eigenvalue weighted by Crippen LogP contribution is -2.41. The maximum Gasteiger partial charge on any atom is 0.279 e. The van der Waals surface area contributed by atoms with Crippen LogP contribution in [0.1, 0.15) is 33.1 Å². The summed E-state index contributed by atoms with van der Waals surface area (Å²) in [6.07, 6.45) is 2.77. The molecule has 0 bridgehead atoms. The molecule has 0 aromatic rings. The van der Waals surface area contributed by atoms with Crippen LogP contribution >= 0.6 is 0 Å². The molecule has 0 aromatic heterocycles. The van der Waals surface area contributed by atoms with Crippen LogP contribution in [0.25, 0.3) is 0 Å². The van der Waals surface area contributed by atoms with Gasteiger partial charge in [-0.1, -0.05) is 6.42 Å². The van der Waals surface area contributed by atoms with Gasteiger partial charge >= 0.3 is 0 Å². The summed E-state index contributed by atoms with van der Waals surface area (Å²) >= 11 is 0. The van der Waals surface area contributed by atoms with Gasteiger partial charge in [-0.25, -0.2) is 0 Å². The fourth-order valence-electron chi connectivity index (χ4n) is 1.16. The van der Waals surface area contributed by atoms with E-state index in [0.717, 1.165) is 19.3 Å².